The van der Waals surface area contributed by atoms with Gasteiger partial charge in [-0.1, -0.05) is 24.3 Å². The van der Waals surface area contributed by atoms with E-state index in [4.69, 9.17) is 9.47 Å². The standard InChI is InChI=1S/C26H25FN2O5S/c1-15-25(35-16(2)28-15)23(30)21-22(29(12-13-33-3)26(32)24(21)31)18-6-10-20(11-7-18)34-14-17-4-8-19(27)9-5-17/h4-11,22,31H,12-14H2,1-3H3. The quantitative estimate of drug-likeness (QED) is 0.432. The molecule has 1 unspecified atom stereocenters. The number of nitrogens with zero attached hydrogens (tertiary/aromatic N) is 2. The number of ketones is 1. The Labute approximate surface area is 206 Å². The molecule has 35 heavy (non-hydrogen) atoms. The minimum atomic E-state index is -0.780. The summed E-state index contributed by atoms with van der Waals surface area (Å²) < 4.78 is 24.0. The lowest BCUT2D eigenvalue weighted by atomic mass is 9.95. The molecule has 7 nitrogen and oxygen atoms in total. The van der Waals surface area contributed by atoms with Crippen molar-refractivity contribution < 1.29 is 28.6 Å². The Morgan fingerprint density at radius 2 is 1.83 bits per heavy atom. The molecule has 1 N–H and O–H groups in total. The van der Waals surface area contributed by atoms with Crippen LogP contribution in [0.2, 0.25) is 0 Å². The van der Waals surface area contributed by atoms with Gasteiger partial charge in [-0.3, -0.25) is 9.59 Å². The first-order chi connectivity index (χ1) is 16.8. The summed E-state index contributed by atoms with van der Waals surface area (Å²) >= 11 is 1.23. The Bertz CT molecular complexity index is 1270. The fourth-order valence-electron chi connectivity index (χ4n) is 4.01. The van der Waals surface area contributed by atoms with E-state index in [-0.39, 0.29) is 31.1 Å². The Morgan fingerprint density at radius 1 is 1.14 bits per heavy atom. The SMILES string of the molecule is COCCN1C(=O)C(O)=C(C(=O)c2sc(C)nc2C)C1c1ccc(OCc2ccc(F)cc2)cc1. The highest BCUT2D eigenvalue weighted by atomic mass is 32.1. The molecule has 1 atom stereocenters. The molecule has 9 heteroatoms. The molecule has 1 aromatic heterocycles. The molecule has 3 aromatic rings. The number of benzene rings is 2. The maximum absolute atomic E-state index is 13.5. The molecular weight excluding hydrogens is 471 g/mol. The molecule has 1 amide bonds. The first kappa shape index (κ1) is 24.6. The number of amides is 1. The molecule has 2 heterocycles. The summed E-state index contributed by atoms with van der Waals surface area (Å²) in [5.74, 6) is -1.34. The second-order valence-electron chi connectivity index (χ2n) is 8.12. The summed E-state index contributed by atoms with van der Waals surface area (Å²) in [7, 11) is 1.52. The zero-order valence-corrected chi connectivity index (χ0v) is 20.4. The van der Waals surface area contributed by atoms with Gasteiger partial charge in [-0.25, -0.2) is 9.37 Å². The highest BCUT2D eigenvalue weighted by molar-refractivity contribution is 7.14. The van der Waals surface area contributed by atoms with Crippen molar-refractivity contribution in [1.29, 1.82) is 0 Å². The molecule has 0 saturated heterocycles. The molecule has 0 bridgehead atoms. The van der Waals surface area contributed by atoms with Gasteiger partial charge < -0.3 is 19.5 Å². The Balaban J connectivity index is 1.62. The topological polar surface area (TPSA) is 89.0 Å². The van der Waals surface area contributed by atoms with Crippen LogP contribution >= 0.6 is 11.3 Å². The number of halogens is 1. The number of aromatic nitrogens is 1. The van der Waals surface area contributed by atoms with Crippen molar-refractivity contribution in [2.45, 2.75) is 26.5 Å². The second-order valence-corrected chi connectivity index (χ2v) is 9.32. The maximum atomic E-state index is 13.5. The number of carbonyl (C=O) groups is 2. The third-order valence-corrected chi connectivity index (χ3v) is 6.78. The van der Waals surface area contributed by atoms with E-state index >= 15 is 0 Å². The van der Waals surface area contributed by atoms with Crippen LogP contribution in [0.1, 0.15) is 37.5 Å². The molecule has 0 fully saturated rings. The number of carbonyl (C=O) groups excluding carboxylic acids is 2. The van der Waals surface area contributed by atoms with Crippen LogP contribution in [0.4, 0.5) is 4.39 Å². The van der Waals surface area contributed by atoms with Crippen molar-refractivity contribution in [3.63, 3.8) is 0 Å². The van der Waals surface area contributed by atoms with Crippen LogP contribution in [-0.4, -0.2) is 46.9 Å². The van der Waals surface area contributed by atoms with Crippen LogP contribution in [-0.2, 0) is 16.1 Å². The Kier molecular flexibility index (Phi) is 7.28. The lowest BCUT2D eigenvalue weighted by Crippen LogP contribution is -2.34. The monoisotopic (exact) mass is 496 g/mol. The van der Waals surface area contributed by atoms with Gasteiger partial charge in [0.05, 0.1) is 33.8 Å². The minimum absolute atomic E-state index is 0.0258. The molecule has 1 aliphatic heterocycles. The van der Waals surface area contributed by atoms with Crippen molar-refractivity contribution >= 4 is 23.0 Å². The minimum Gasteiger partial charge on any atom is -0.503 e. The van der Waals surface area contributed by atoms with Gasteiger partial charge in [0.1, 0.15) is 18.2 Å². The van der Waals surface area contributed by atoms with E-state index in [2.05, 4.69) is 4.98 Å². The van der Waals surface area contributed by atoms with Gasteiger partial charge in [-0.2, -0.15) is 0 Å². The molecule has 182 valence electrons. The predicted octanol–water partition coefficient (Wildman–Crippen LogP) is 4.70. The van der Waals surface area contributed by atoms with Crippen molar-refractivity contribution in [1.82, 2.24) is 9.88 Å². The average Bonchev–Trinajstić information content (AvgIpc) is 3.32. The number of rotatable bonds is 9. The highest BCUT2D eigenvalue weighted by Gasteiger charge is 2.44. The van der Waals surface area contributed by atoms with E-state index in [1.165, 1.54) is 35.5 Å². The lowest BCUT2D eigenvalue weighted by Gasteiger charge is -2.26. The third-order valence-electron chi connectivity index (χ3n) is 5.71. The van der Waals surface area contributed by atoms with Crippen molar-refractivity contribution in [2.24, 2.45) is 0 Å². The van der Waals surface area contributed by atoms with Crippen molar-refractivity contribution in [3.8, 4) is 5.75 Å². The summed E-state index contributed by atoms with van der Waals surface area (Å²) in [5.41, 5.74) is 2.05. The summed E-state index contributed by atoms with van der Waals surface area (Å²) in [4.78, 5) is 32.6. The maximum Gasteiger partial charge on any atom is 0.290 e. The summed E-state index contributed by atoms with van der Waals surface area (Å²) in [6.45, 7) is 4.24. The number of aliphatic hydroxyl groups is 1. The number of aliphatic hydroxyl groups excluding tert-OH is 1. The fourth-order valence-corrected chi connectivity index (χ4v) is 4.88. The van der Waals surface area contributed by atoms with Crippen molar-refractivity contribution in [2.75, 3.05) is 20.3 Å². The number of ether oxygens (including phenoxy) is 2. The third kappa shape index (κ3) is 5.11. The largest absolute Gasteiger partial charge is 0.503 e. The molecule has 0 spiro atoms. The smallest absolute Gasteiger partial charge is 0.290 e. The van der Waals surface area contributed by atoms with Gasteiger partial charge in [0.2, 0.25) is 5.78 Å². The number of hydrogen-bond acceptors (Lipinski definition) is 7. The molecule has 0 saturated carbocycles. The van der Waals surface area contributed by atoms with Gasteiger partial charge in [0, 0.05) is 13.7 Å². The van der Waals surface area contributed by atoms with Gasteiger partial charge in [-0.05, 0) is 49.2 Å². The highest BCUT2D eigenvalue weighted by Crippen LogP contribution is 2.40. The number of Topliss-reactive ketones (excluding diaryl/α,β-unsaturated/α-hetero) is 1. The molecule has 4 rings (SSSR count). The van der Waals surface area contributed by atoms with E-state index < -0.39 is 23.5 Å². The summed E-state index contributed by atoms with van der Waals surface area (Å²) in [6, 6.07) is 12.2. The van der Waals surface area contributed by atoms with Crippen molar-refractivity contribution in [3.05, 3.63) is 92.4 Å². The molecule has 1 aliphatic rings. The second kappa shape index (κ2) is 10.4. The average molecular weight is 497 g/mol. The molecular formula is C26H25FN2O5S. The zero-order valence-electron chi connectivity index (χ0n) is 19.6. The van der Waals surface area contributed by atoms with E-state index in [9.17, 15) is 19.1 Å². The zero-order chi connectivity index (χ0) is 25.1. The van der Waals surface area contributed by atoms with Crippen LogP contribution < -0.4 is 4.74 Å². The van der Waals surface area contributed by atoms with E-state index in [1.54, 1.807) is 50.2 Å². The first-order valence-electron chi connectivity index (χ1n) is 11.0. The summed E-state index contributed by atoms with van der Waals surface area (Å²) in [5, 5.41) is 11.5. The molecule has 2 aromatic carbocycles. The van der Waals surface area contributed by atoms with Crippen LogP contribution in [0.5, 0.6) is 5.75 Å². The Hall–Kier alpha value is -3.56. The number of hydrogen-bond donors (Lipinski definition) is 1. The van der Waals surface area contributed by atoms with Crippen LogP contribution in [0.15, 0.2) is 59.9 Å². The number of methoxy groups -OCH3 is 1. The predicted molar refractivity (Wildman–Crippen MR) is 129 cm³/mol. The fraction of sp³-hybridized carbons (Fsp3) is 0.269. The number of aryl methyl sites for hydroxylation is 2. The summed E-state index contributed by atoms with van der Waals surface area (Å²) in [6.07, 6.45) is 0. The van der Waals surface area contributed by atoms with Gasteiger partial charge >= 0.3 is 0 Å². The molecule has 0 radical (unpaired) electrons. The Morgan fingerprint density at radius 3 is 2.43 bits per heavy atom. The van der Waals surface area contributed by atoms with Crippen LogP contribution in [0, 0.1) is 19.7 Å². The normalized spacial score (nSPS) is 15.7. The van der Waals surface area contributed by atoms with Crippen LogP contribution in [0.25, 0.3) is 0 Å². The van der Waals surface area contributed by atoms with E-state index in [0.717, 1.165) is 10.6 Å². The van der Waals surface area contributed by atoms with Gasteiger partial charge in [0.15, 0.2) is 5.76 Å². The van der Waals surface area contributed by atoms with Gasteiger partial charge in [-0.15, -0.1) is 11.3 Å². The van der Waals surface area contributed by atoms with E-state index in [0.29, 0.717) is 21.9 Å². The first-order valence-corrected chi connectivity index (χ1v) is 11.8. The van der Waals surface area contributed by atoms with Crippen LogP contribution in [0.3, 0.4) is 0 Å². The molecule has 0 aliphatic carbocycles. The number of thiazole rings is 1. The van der Waals surface area contributed by atoms with E-state index in [1.807, 2.05) is 0 Å². The lowest BCUT2D eigenvalue weighted by molar-refractivity contribution is -0.130. The van der Waals surface area contributed by atoms with Gasteiger partial charge in [0.25, 0.3) is 5.91 Å².